The van der Waals surface area contributed by atoms with Gasteiger partial charge in [-0.3, -0.25) is 4.79 Å². The van der Waals surface area contributed by atoms with E-state index < -0.39 is 24.2 Å². The number of halogens is 1. The summed E-state index contributed by atoms with van der Waals surface area (Å²) in [4.78, 5) is 27.9. The fraction of sp³-hybridized carbons (Fsp3) is 0.136. The number of para-hydroxylation sites is 2. The van der Waals surface area contributed by atoms with E-state index in [4.69, 9.17) is 4.74 Å². The third kappa shape index (κ3) is 4.01. The Labute approximate surface area is 167 Å². The van der Waals surface area contributed by atoms with Gasteiger partial charge in [-0.2, -0.15) is 5.26 Å². The number of ether oxygens (including phenoxy) is 1. The monoisotopic (exact) mass is 391 g/mol. The molecular weight excluding hydrogens is 373 g/mol. The van der Waals surface area contributed by atoms with Gasteiger partial charge in [0.15, 0.2) is 6.61 Å². The molecule has 0 saturated heterocycles. The first-order chi connectivity index (χ1) is 13.9. The van der Waals surface area contributed by atoms with Crippen LogP contribution in [0.25, 0.3) is 6.08 Å². The molecule has 1 aliphatic heterocycles. The van der Waals surface area contributed by atoms with E-state index >= 15 is 0 Å². The topological polar surface area (TPSA) is 73.6 Å². The van der Waals surface area contributed by atoms with Crippen LogP contribution < -0.4 is 9.80 Å². The van der Waals surface area contributed by atoms with Crippen molar-refractivity contribution in [2.75, 3.05) is 30.5 Å². The van der Waals surface area contributed by atoms with Crippen LogP contribution in [0.5, 0.6) is 0 Å². The van der Waals surface area contributed by atoms with Gasteiger partial charge in [0.25, 0.3) is 0 Å². The van der Waals surface area contributed by atoms with Crippen LogP contribution >= 0.6 is 0 Å². The molecule has 1 aliphatic rings. The highest BCUT2D eigenvalue weighted by Crippen LogP contribution is 2.40. The van der Waals surface area contributed by atoms with E-state index in [0.29, 0.717) is 5.82 Å². The van der Waals surface area contributed by atoms with Crippen LogP contribution in [0.3, 0.4) is 0 Å². The van der Waals surface area contributed by atoms with Crippen LogP contribution in [-0.4, -0.2) is 32.5 Å². The lowest BCUT2D eigenvalue weighted by atomic mass is 10.2. The van der Waals surface area contributed by atoms with E-state index in [9.17, 15) is 19.2 Å². The summed E-state index contributed by atoms with van der Waals surface area (Å²) in [6.07, 6.45) is 2.30. The van der Waals surface area contributed by atoms with Gasteiger partial charge in [0.2, 0.25) is 5.78 Å². The van der Waals surface area contributed by atoms with Gasteiger partial charge in [0.05, 0.1) is 11.4 Å². The number of carbonyl (C=O) groups is 2. The molecule has 0 spiro atoms. The Hall–Kier alpha value is -3.92. The SMILES string of the molecule is CN1C(=C(C#N)C(=O)COC(=O)/C=C/c2ccccc2F)N(C)c2ccccc21. The molecule has 0 amide bonds. The third-order valence-corrected chi connectivity index (χ3v) is 4.50. The Morgan fingerprint density at radius 3 is 2.24 bits per heavy atom. The fourth-order valence-corrected chi connectivity index (χ4v) is 3.08. The van der Waals surface area contributed by atoms with Crippen molar-refractivity contribution in [3.8, 4) is 6.07 Å². The number of esters is 1. The highest BCUT2D eigenvalue weighted by molar-refractivity contribution is 6.04. The van der Waals surface area contributed by atoms with Crippen molar-refractivity contribution in [3.63, 3.8) is 0 Å². The maximum atomic E-state index is 13.6. The lowest BCUT2D eigenvalue weighted by Crippen LogP contribution is -2.27. The van der Waals surface area contributed by atoms with Gasteiger partial charge in [0, 0.05) is 25.7 Å². The van der Waals surface area contributed by atoms with Crippen LogP contribution in [0.1, 0.15) is 5.56 Å². The molecule has 0 atom stereocenters. The standard InChI is InChI=1S/C22H18FN3O3/c1-25-18-9-5-6-10-19(18)26(2)22(25)16(13-24)20(27)14-29-21(28)12-11-15-7-3-4-8-17(15)23/h3-12H,14H2,1-2H3/b12-11+. The number of anilines is 2. The highest BCUT2D eigenvalue weighted by atomic mass is 19.1. The molecule has 0 saturated carbocycles. The Balaban J connectivity index is 1.71. The number of nitrogens with zero attached hydrogens (tertiary/aromatic N) is 3. The summed E-state index contributed by atoms with van der Waals surface area (Å²) in [6, 6.07) is 15.4. The van der Waals surface area contributed by atoms with Crippen LogP contribution in [0.15, 0.2) is 66.0 Å². The van der Waals surface area contributed by atoms with Crippen molar-refractivity contribution in [1.29, 1.82) is 5.26 Å². The predicted octanol–water partition coefficient (Wildman–Crippen LogP) is 3.27. The third-order valence-electron chi connectivity index (χ3n) is 4.50. The number of Topliss-reactive ketones (excluding diaryl/α,β-unsaturated/α-hetero) is 1. The van der Waals surface area contributed by atoms with Crippen molar-refractivity contribution in [3.05, 3.63) is 77.4 Å². The first-order valence-corrected chi connectivity index (χ1v) is 8.77. The molecule has 0 fully saturated rings. The summed E-state index contributed by atoms with van der Waals surface area (Å²) in [7, 11) is 3.51. The zero-order valence-electron chi connectivity index (χ0n) is 15.9. The number of hydrogen-bond acceptors (Lipinski definition) is 6. The Morgan fingerprint density at radius 1 is 1.07 bits per heavy atom. The van der Waals surface area contributed by atoms with Gasteiger partial charge in [-0.15, -0.1) is 0 Å². The number of ketones is 1. The first-order valence-electron chi connectivity index (χ1n) is 8.77. The van der Waals surface area contributed by atoms with Gasteiger partial charge < -0.3 is 14.5 Å². The summed E-state index contributed by atoms with van der Waals surface area (Å²) >= 11 is 0. The molecule has 29 heavy (non-hydrogen) atoms. The molecule has 7 heteroatoms. The molecule has 2 aromatic rings. The molecule has 0 aliphatic carbocycles. The first kappa shape index (κ1) is 19.8. The summed E-state index contributed by atoms with van der Waals surface area (Å²) in [5, 5.41) is 9.54. The molecular formula is C22H18FN3O3. The zero-order chi connectivity index (χ0) is 21.0. The number of hydrogen-bond donors (Lipinski definition) is 0. The summed E-state index contributed by atoms with van der Waals surface area (Å²) in [5.41, 5.74) is 1.82. The second kappa shape index (κ2) is 8.40. The predicted molar refractivity (Wildman–Crippen MR) is 107 cm³/mol. The molecule has 3 rings (SSSR count). The molecule has 2 aromatic carbocycles. The lowest BCUT2D eigenvalue weighted by Gasteiger charge is -2.19. The molecule has 0 radical (unpaired) electrons. The Kier molecular flexibility index (Phi) is 5.74. The highest BCUT2D eigenvalue weighted by Gasteiger charge is 2.31. The summed E-state index contributed by atoms with van der Waals surface area (Å²) < 4.78 is 18.5. The van der Waals surface area contributed by atoms with Crippen LogP contribution in [-0.2, 0) is 14.3 Å². The number of carbonyl (C=O) groups excluding carboxylic acids is 2. The van der Waals surface area contributed by atoms with Gasteiger partial charge in [-0.1, -0.05) is 30.3 Å². The largest absolute Gasteiger partial charge is 0.454 e. The zero-order valence-corrected chi connectivity index (χ0v) is 15.9. The van der Waals surface area contributed by atoms with E-state index in [1.54, 1.807) is 30.0 Å². The van der Waals surface area contributed by atoms with Crippen molar-refractivity contribution in [1.82, 2.24) is 0 Å². The Morgan fingerprint density at radius 2 is 1.66 bits per heavy atom. The Bertz CT molecular complexity index is 1040. The van der Waals surface area contributed by atoms with E-state index in [-0.39, 0.29) is 11.1 Å². The number of nitriles is 1. The van der Waals surface area contributed by atoms with Crippen molar-refractivity contribution in [2.45, 2.75) is 0 Å². The number of benzene rings is 2. The van der Waals surface area contributed by atoms with E-state index in [0.717, 1.165) is 17.5 Å². The van der Waals surface area contributed by atoms with E-state index in [1.165, 1.54) is 24.3 Å². The fourth-order valence-electron chi connectivity index (χ4n) is 3.08. The summed E-state index contributed by atoms with van der Waals surface area (Å²) in [5.74, 6) is -1.49. The molecule has 146 valence electrons. The van der Waals surface area contributed by atoms with Gasteiger partial charge in [0.1, 0.15) is 23.3 Å². The molecule has 0 bridgehead atoms. The maximum absolute atomic E-state index is 13.6. The second-order valence-electron chi connectivity index (χ2n) is 6.30. The average molecular weight is 391 g/mol. The van der Waals surface area contributed by atoms with Crippen molar-refractivity contribution >= 4 is 29.2 Å². The minimum Gasteiger partial charge on any atom is -0.454 e. The van der Waals surface area contributed by atoms with E-state index in [2.05, 4.69) is 0 Å². The normalized spacial score (nSPS) is 12.7. The van der Waals surface area contributed by atoms with Crippen molar-refractivity contribution in [2.24, 2.45) is 0 Å². The minimum atomic E-state index is -0.805. The molecule has 0 unspecified atom stereocenters. The lowest BCUT2D eigenvalue weighted by molar-refractivity contribution is -0.141. The maximum Gasteiger partial charge on any atom is 0.331 e. The van der Waals surface area contributed by atoms with Crippen LogP contribution in [0.4, 0.5) is 15.8 Å². The smallest absolute Gasteiger partial charge is 0.331 e. The number of fused-ring (bicyclic) bond motifs is 1. The minimum absolute atomic E-state index is 0.114. The second-order valence-corrected chi connectivity index (χ2v) is 6.30. The van der Waals surface area contributed by atoms with Crippen molar-refractivity contribution < 1.29 is 18.7 Å². The molecule has 6 nitrogen and oxygen atoms in total. The van der Waals surface area contributed by atoms with Crippen LogP contribution in [0, 0.1) is 17.1 Å². The number of rotatable bonds is 5. The summed E-state index contributed by atoms with van der Waals surface area (Å²) in [6.45, 7) is -0.592. The molecule has 0 N–H and O–H groups in total. The molecule has 1 heterocycles. The molecule has 0 aromatic heterocycles. The van der Waals surface area contributed by atoms with Crippen LogP contribution in [0.2, 0.25) is 0 Å². The van der Waals surface area contributed by atoms with Gasteiger partial charge in [-0.25, -0.2) is 9.18 Å². The van der Waals surface area contributed by atoms with Gasteiger partial charge in [-0.05, 0) is 24.3 Å². The quantitative estimate of drug-likeness (QED) is 0.442. The van der Waals surface area contributed by atoms with Gasteiger partial charge >= 0.3 is 5.97 Å². The van der Waals surface area contributed by atoms with E-state index in [1.807, 2.05) is 30.3 Å². The average Bonchev–Trinajstić information content (AvgIpc) is 2.98.